The van der Waals surface area contributed by atoms with Gasteiger partial charge in [0.1, 0.15) is 0 Å². The standard InChI is InChI=1S/C7H10N2/c1-3-7(2)9-6-4-5-8-9/h3-7H,1H2,2H3. The summed E-state index contributed by atoms with van der Waals surface area (Å²) in [6, 6.07) is 2.21. The summed E-state index contributed by atoms with van der Waals surface area (Å²) in [6.07, 6.45) is 5.54. The van der Waals surface area contributed by atoms with Gasteiger partial charge < -0.3 is 0 Å². The van der Waals surface area contributed by atoms with Gasteiger partial charge in [0.15, 0.2) is 0 Å². The first kappa shape index (κ1) is 6.08. The molecule has 2 heteroatoms. The Labute approximate surface area is 54.8 Å². The highest BCUT2D eigenvalue weighted by Crippen LogP contribution is 2.01. The fourth-order valence-corrected chi connectivity index (χ4v) is 0.630. The molecule has 0 amide bonds. The molecular formula is C7H10N2. The van der Waals surface area contributed by atoms with Crippen LogP contribution in [0.3, 0.4) is 0 Å². The predicted molar refractivity (Wildman–Crippen MR) is 37.1 cm³/mol. The summed E-state index contributed by atoms with van der Waals surface area (Å²) in [5, 5.41) is 4.03. The Hall–Kier alpha value is -1.05. The van der Waals surface area contributed by atoms with Crippen molar-refractivity contribution in [3.63, 3.8) is 0 Å². The van der Waals surface area contributed by atoms with E-state index in [2.05, 4.69) is 11.7 Å². The lowest BCUT2D eigenvalue weighted by Gasteiger charge is -2.03. The van der Waals surface area contributed by atoms with Gasteiger partial charge in [-0.3, -0.25) is 4.68 Å². The van der Waals surface area contributed by atoms with Crippen LogP contribution in [0.25, 0.3) is 0 Å². The van der Waals surface area contributed by atoms with E-state index >= 15 is 0 Å². The van der Waals surface area contributed by atoms with Crippen LogP contribution in [-0.2, 0) is 0 Å². The lowest BCUT2D eigenvalue weighted by atomic mass is 10.3. The molecule has 0 radical (unpaired) electrons. The predicted octanol–water partition coefficient (Wildman–Crippen LogP) is 1.63. The van der Waals surface area contributed by atoms with Crippen molar-refractivity contribution in [2.45, 2.75) is 13.0 Å². The molecule has 0 aliphatic carbocycles. The van der Waals surface area contributed by atoms with Gasteiger partial charge in [-0.25, -0.2) is 0 Å². The molecular weight excluding hydrogens is 112 g/mol. The van der Waals surface area contributed by atoms with Crippen LogP contribution in [-0.4, -0.2) is 9.78 Å². The number of nitrogens with zero attached hydrogens (tertiary/aromatic N) is 2. The van der Waals surface area contributed by atoms with E-state index in [0.717, 1.165) is 0 Å². The molecule has 0 saturated heterocycles. The van der Waals surface area contributed by atoms with Gasteiger partial charge in [-0.15, -0.1) is 6.58 Å². The largest absolute Gasteiger partial charge is 0.266 e. The number of hydrogen-bond acceptors (Lipinski definition) is 1. The Bertz CT molecular complexity index is 177. The van der Waals surface area contributed by atoms with Crippen molar-refractivity contribution in [1.82, 2.24) is 9.78 Å². The minimum atomic E-state index is 0.306. The molecule has 0 fully saturated rings. The molecule has 0 bridgehead atoms. The fourth-order valence-electron chi connectivity index (χ4n) is 0.630. The average molecular weight is 122 g/mol. The Morgan fingerprint density at radius 2 is 2.56 bits per heavy atom. The third-order valence-electron chi connectivity index (χ3n) is 1.28. The number of hydrogen-bond donors (Lipinski definition) is 0. The molecule has 1 aromatic rings. The van der Waals surface area contributed by atoms with E-state index in [1.165, 1.54) is 0 Å². The minimum Gasteiger partial charge on any atom is -0.266 e. The van der Waals surface area contributed by atoms with Crippen LogP contribution in [0.5, 0.6) is 0 Å². The smallest absolute Gasteiger partial charge is 0.0668 e. The van der Waals surface area contributed by atoms with Gasteiger partial charge in [0, 0.05) is 12.4 Å². The maximum Gasteiger partial charge on any atom is 0.0668 e. The zero-order chi connectivity index (χ0) is 6.69. The summed E-state index contributed by atoms with van der Waals surface area (Å²) in [5.41, 5.74) is 0. The lowest BCUT2D eigenvalue weighted by Crippen LogP contribution is -2.00. The van der Waals surface area contributed by atoms with Crippen molar-refractivity contribution in [2.75, 3.05) is 0 Å². The number of aromatic nitrogens is 2. The molecule has 0 aliphatic heterocycles. The highest BCUT2D eigenvalue weighted by Gasteiger charge is 1.94. The summed E-state index contributed by atoms with van der Waals surface area (Å²) in [7, 11) is 0. The highest BCUT2D eigenvalue weighted by atomic mass is 15.3. The van der Waals surface area contributed by atoms with Crippen molar-refractivity contribution in [3.05, 3.63) is 31.1 Å². The summed E-state index contributed by atoms with van der Waals surface area (Å²) in [5.74, 6) is 0. The monoisotopic (exact) mass is 122 g/mol. The van der Waals surface area contributed by atoms with Gasteiger partial charge in [0.25, 0.3) is 0 Å². The van der Waals surface area contributed by atoms with E-state index in [9.17, 15) is 0 Å². The first-order valence-corrected chi connectivity index (χ1v) is 2.96. The molecule has 48 valence electrons. The molecule has 0 saturated carbocycles. The van der Waals surface area contributed by atoms with E-state index in [1.807, 2.05) is 29.9 Å². The molecule has 1 unspecified atom stereocenters. The van der Waals surface area contributed by atoms with Crippen LogP contribution in [0.1, 0.15) is 13.0 Å². The maximum absolute atomic E-state index is 4.03. The Balaban J connectivity index is 2.76. The zero-order valence-electron chi connectivity index (χ0n) is 5.49. The minimum absolute atomic E-state index is 0.306. The van der Waals surface area contributed by atoms with Crippen LogP contribution in [0.2, 0.25) is 0 Å². The molecule has 0 spiro atoms. The first-order chi connectivity index (χ1) is 4.34. The van der Waals surface area contributed by atoms with Gasteiger partial charge in [-0.1, -0.05) is 6.08 Å². The molecule has 1 heterocycles. The van der Waals surface area contributed by atoms with Crippen molar-refractivity contribution in [3.8, 4) is 0 Å². The van der Waals surface area contributed by atoms with E-state index in [1.54, 1.807) is 6.20 Å². The molecule has 2 nitrogen and oxygen atoms in total. The van der Waals surface area contributed by atoms with Crippen LogP contribution in [0, 0.1) is 0 Å². The maximum atomic E-state index is 4.03. The van der Waals surface area contributed by atoms with Crippen LogP contribution >= 0.6 is 0 Å². The zero-order valence-corrected chi connectivity index (χ0v) is 5.49. The highest BCUT2D eigenvalue weighted by molar-refractivity contribution is 4.86. The van der Waals surface area contributed by atoms with Gasteiger partial charge >= 0.3 is 0 Å². The van der Waals surface area contributed by atoms with E-state index < -0.39 is 0 Å². The Morgan fingerprint density at radius 3 is 3.00 bits per heavy atom. The normalized spacial score (nSPS) is 13.0. The first-order valence-electron chi connectivity index (χ1n) is 2.96. The number of allylic oxidation sites excluding steroid dienone is 1. The molecule has 1 atom stereocenters. The average Bonchev–Trinajstić information content (AvgIpc) is 2.37. The molecule has 9 heavy (non-hydrogen) atoms. The number of rotatable bonds is 2. The van der Waals surface area contributed by atoms with Gasteiger partial charge in [-0.05, 0) is 13.0 Å². The topological polar surface area (TPSA) is 17.8 Å². The van der Waals surface area contributed by atoms with E-state index in [0.29, 0.717) is 6.04 Å². The van der Waals surface area contributed by atoms with Crippen LogP contribution in [0.4, 0.5) is 0 Å². The Morgan fingerprint density at radius 1 is 1.78 bits per heavy atom. The summed E-state index contributed by atoms with van der Waals surface area (Å²) in [6.45, 7) is 5.70. The lowest BCUT2D eigenvalue weighted by molar-refractivity contribution is 0.582. The third-order valence-corrected chi connectivity index (χ3v) is 1.28. The molecule has 1 rings (SSSR count). The van der Waals surface area contributed by atoms with Crippen LogP contribution in [0.15, 0.2) is 31.1 Å². The Kier molecular flexibility index (Phi) is 1.68. The second kappa shape index (κ2) is 2.49. The fraction of sp³-hybridized carbons (Fsp3) is 0.286. The van der Waals surface area contributed by atoms with Crippen LogP contribution < -0.4 is 0 Å². The van der Waals surface area contributed by atoms with Gasteiger partial charge in [0.05, 0.1) is 6.04 Å². The molecule has 0 aliphatic rings. The van der Waals surface area contributed by atoms with Crippen molar-refractivity contribution in [1.29, 1.82) is 0 Å². The summed E-state index contributed by atoms with van der Waals surface area (Å²) >= 11 is 0. The molecule has 1 aromatic heterocycles. The molecule has 0 N–H and O–H groups in total. The van der Waals surface area contributed by atoms with Gasteiger partial charge in [0.2, 0.25) is 0 Å². The molecule has 0 aromatic carbocycles. The van der Waals surface area contributed by atoms with Gasteiger partial charge in [-0.2, -0.15) is 5.10 Å². The summed E-state index contributed by atoms with van der Waals surface area (Å²) < 4.78 is 1.85. The van der Waals surface area contributed by atoms with E-state index in [-0.39, 0.29) is 0 Å². The van der Waals surface area contributed by atoms with Crippen molar-refractivity contribution < 1.29 is 0 Å². The summed E-state index contributed by atoms with van der Waals surface area (Å²) in [4.78, 5) is 0. The van der Waals surface area contributed by atoms with E-state index in [4.69, 9.17) is 0 Å². The second-order valence-corrected chi connectivity index (χ2v) is 1.96. The van der Waals surface area contributed by atoms with Crippen molar-refractivity contribution >= 4 is 0 Å². The second-order valence-electron chi connectivity index (χ2n) is 1.96. The third kappa shape index (κ3) is 1.19. The SMILES string of the molecule is C=CC(C)n1cccn1. The quantitative estimate of drug-likeness (QED) is 0.545. The van der Waals surface area contributed by atoms with Crippen molar-refractivity contribution in [2.24, 2.45) is 0 Å².